The number of hydrogen-bond donors (Lipinski definition) is 1. The Bertz CT molecular complexity index is 270. The van der Waals surface area contributed by atoms with E-state index in [-0.39, 0.29) is 12.0 Å². The maximum atomic E-state index is 11.4. The molecule has 4 nitrogen and oxygen atoms in total. The van der Waals surface area contributed by atoms with Crippen LogP contribution in [0.15, 0.2) is 0 Å². The van der Waals surface area contributed by atoms with Gasteiger partial charge in [0.2, 0.25) is 0 Å². The van der Waals surface area contributed by atoms with Crippen LogP contribution in [0.3, 0.4) is 0 Å². The average Bonchev–Trinajstić information content (AvgIpc) is 2.39. The highest BCUT2D eigenvalue weighted by Crippen LogP contribution is 2.34. The van der Waals surface area contributed by atoms with Gasteiger partial charge < -0.3 is 14.7 Å². The van der Waals surface area contributed by atoms with Crippen molar-refractivity contribution >= 4 is 5.97 Å². The van der Waals surface area contributed by atoms with Crippen LogP contribution in [0.1, 0.15) is 46.0 Å². The number of carboxylic acids is 1. The number of carbonyl (C=O) groups is 1. The summed E-state index contributed by atoms with van der Waals surface area (Å²) in [6.45, 7) is 6.42. The summed E-state index contributed by atoms with van der Waals surface area (Å²) in [6.07, 6.45) is 5.33. The third-order valence-electron chi connectivity index (χ3n) is 4.30. The van der Waals surface area contributed by atoms with Gasteiger partial charge in [0, 0.05) is 19.2 Å². The van der Waals surface area contributed by atoms with E-state index in [9.17, 15) is 9.90 Å². The van der Waals surface area contributed by atoms with E-state index in [1.54, 1.807) is 0 Å². The van der Waals surface area contributed by atoms with Crippen molar-refractivity contribution in [1.82, 2.24) is 4.90 Å². The van der Waals surface area contributed by atoms with E-state index in [1.165, 1.54) is 12.8 Å². The molecule has 0 radical (unpaired) electrons. The van der Waals surface area contributed by atoms with Gasteiger partial charge in [0.05, 0.1) is 12.5 Å². The van der Waals surface area contributed by atoms with E-state index >= 15 is 0 Å². The molecule has 3 atom stereocenters. The van der Waals surface area contributed by atoms with Crippen LogP contribution in [0.25, 0.3) is 0 Å². The Kier molecular flexibility index (Phi) is 7.39. The molecule has 19 heavy (non-hydrogen) atoms. The van der Waals surface area contributed by atoms with Crippen molar-refractivity contribution in [1.29, 1.82) is 0 Å². The van der Waals surface area contributed by atoms with E-state index < -0.39 is 5.97 Å². The standard InChI is InChI=1S/C15H29NO3/c1-4-6-12-7-8-13(15(17)18)14(11-12)16(3)9-10-19-5-2/h12-14H,4-11H2,1-3H3,(H,17,18). The summed E-state index contributed by atoms with van der Waals surface area (Å²) in [5.41, 5.74) is 0. The summed E-state index contributed by atoms with van der Waals surface area (Å²) in [6, 6.07) is 0.170. The molecule has 1 aliphatic rings. The second-order valence-electron chi connectivity index (χ2n) is 5.66. The fourth-order valence-corrected chi connectivity index (χ4v) is 3.20. The predicted molar refractivity (Wildman–Crippen MR) is 76.3 cm³/mol. The molecule has 0 aliphatic heterocycles. The summed E-state index contributed by atoms with van der Waals surface area (Å²) >= 11 is 0. The van der Waals surface area contributed by atoms with Crippen LogP contribution in [0.4, 0.5) is 0 Å². The Hall–Kier alpha value is -0.610. The molecule has 0 aromatic heterocycles. The molecule has 0 bridgehead atoms. The lowest BCUT2D eigenvalue weighted by molar-refractivity contribution is -0.146. The van der Waals surface area contributed by atoms with Crippen molar-refractivity contribution in [2.24, 2.45) is 11.8 Å². The number of hydrogen-bond acceptors (Lipinski definition) is 3. The first-order chi connectivity index (χ1) is 9.10. The molecular formula is C15H29NO3. The summed E-state index contributed by atoms with van der Waals surface area (Å²) in [4.78, 5) is 13.6. The first kappa shape index (κ1) is 16.4. The lowest BCUT2D eigenvalue weighted by Gasteiger charge is -2.39. The second kappa shape index (κ2) is 8.54. The van der Waals surface area contributed by atoms with Crippen LogP contribution in [-0.2, 0) is 9.53 Å². The van der Waals surface area contributed by atoms with Crippen LogP contribution in [0.5, 0.6) is 0 Å². The summed E-state index contributed by atoms with van der Waals surface area (Å²) in [5, 5.41) is 9.39. The van der Waals surface area contributed by atoms with E-state index in [2.05, 4.69) is 11.8 Å². The van der Waals surface area contributed by atoms with Crippen LogP contribution in [0, 0.1) is 11.8 Å². The van der Waals surface area contributed by atoms with Crippen LogP contribution >= 0.6 is 0 Å². The number of aliphatic carboxylic acids is 1. The fraction of sp³-hybridized carbons (Fsp3) is 0.933. The molecule has 1 fully saturated rings. The first-order valence-electron chi connectivity index (χ1n) is 7.60. The summed E-state index contributed by atoms with van der Waals surface area (Å²) in [7, 11) is 2.04. The van der Waals surface area contributed by atoms with E-state index in [0.29, 0.717) is 12.5 Å². The lowest BCUT2D eigenvalue weighted by atomic mass is 9.76. The molecule has 1 N–H and O–H groups in total. The highest BCUT2D eigenvalue weighted by molar-refractivity contribution is 5.71. The third-order valence-corrected chi connectivity index (χ3v) is 4.30. The molecule has 3 unspecified atom stereocenters. The van der Waals surface area contributed by atoms with Crippen LogP contribution in [-0.4, -0.2) is 48.8 Å². The number of rotatable bonds is 8. The van der Waals surface area contributed by atoms with Crippen molar-refractivity contribution in [3.63, 3.8) is 0 Å². The van der Waals surface area contributed by atoms with Crippen molar-refractivity contribution < 1.29 is 14.6 Å². The van der Waals surface area contributed by atoms with Gasteiger partial charge in [-0.25, -0.2) is 0 Å². The maximum Gasteiger partial charge on any atom is 0.308 e. The number of nitrogens with zero attached hydrogens (tertiary/aromatic N) is 1. The van der Waals surface area contributed by atoms with E-state index in [1.807, 2.05) is 14.0 Å². The Morgan fingerprint density at radius 1 is 1.37 bits per heavy atom. The van der Waals surface area contributed by atoms with Gasteiger partial charge in [0.25, 0.3) is 0 Å². The SMILES string of the molecule is CCCC1CCC(C(=O)O)C(N(C)CCOCC)C1. The van der Waals surface area contributed by atoms with E-state index in [0.717, 1.165) is 32.4 Å². The largest absolute Gasteiger partial charge is 0.481 e. The van der Waals surface area contributed by atoms with E-state index in [4.69, 9.17) is 4.74 Å². The summed E-state index contributed by atoms with van der Waals surface area (Å²) in [5.74, 6) is -0.150. The van der Waals surface area contributed by atoms with Gasteiger partial charge in [-0.05, 0) is 39.2 Å². The lowest BCUT2D eigenvalue weighted by Crippen LogP contribution is -2.46. The number of likely N-dealkylation sites (N-methyl/N-ethyl adjacent to an activating group) is 1. The van der Waals surface area contributed by atoms with Crippen LogP contribution in [0.2, 0.25) is 0 Å². The van der Waals surface area contributed by atoms with Gasteiger partial charge in [0.1, 0.15) is 0 Å². The monoisotopic (exact) mass is 271 g/mol. The zero-order valence-electron chi connectivity index (χ0n) is 12.6. The fourth-order valence-electron chi connectivity index (χ4n) is 3.20. The minimum absolute atomic E-state index is 0.170. The predicted octanol–water partition coefficient (Wildman–Crippen LogP) is 2.62. The normalized spacial score (nSPS) is 27.7. The zero-order valence-corrected chi connectivity index (χ0v) is 12.6. The highest BCUT2D eigenvalue weighted by atomic mass is 16.5. The number of carboxylic acid groups (broad SMARTS) is 1. The van der Waals surface area contributed by atoms with Gasteiger partial charge >= 0.3 is 5.97 Å². The van der Waals surface area contributed by atoms with Gasteiger partial charge in [-0.2, -0.15) is 0 Å². The van der Waals surface area contributed by atoms with Gasteiger partial charge in [-0.1, -0.05) is 19.8 Å². The molecule has 0 saturated heterocycles. The summed E-state index contributed by atoms with van der Waals surface area (Å²) < 4.78 is 5.38. The Balaban J connectivity index is 2.57. The van der Waals surface area contributed by atoms with Crippen molar-refractivity contribution in [3.8, 4) is 0 Å². The Morgan fingerprint density at radius 2 is 2.11 bits per heavy atom. The molecule has 0 aromatic rings. The second-order valence-corrected chi connectivity index (χ2v) is 5.66. The quantitative estimate of drug-likeness (QED) is 0.689. The topological polar surface area (TPSA) is 49.8 Å². The Morgan fingerprint density at radius 3 is 2.68 bits per heavy atom. The smallest absolute Gasteiger partial charge is 0.308 e. The van der Waals surface area contributed by atoms with Crippen LogP contribution < -0.4 is 0 Å². The first-order valence-corrected chi connectivity index (χ1v) is 7.60. The third kappa shape index (κ3) is 5.11. The molecule has 0 aromatic carbocycles. The highest BCUT2D eigenvalue weighted by Gasteiger charge is 2.36. The molecule has 1 rings (SSSR count). The van der Waals surface area contributed by atoms with Gasteiger partial charge in [-0.15, -0.1) is 0 Å². The molecule has 4 heteroatoms. The maximum absolute atomic E-state index is 11.4. The van der Waals surface area contributed by atoms with Gasteiger partial charge in [0.15, 0.2) is 0 Å². The average molecular weight is 271 g/mol. The molecule has 0 spiro atoms. The molecule has 0 heterocycles. The molecule has 1 saturated carbocycles. The molecule has 1 aliphatic carbocycles. The molecule has 0 amide bonds. The minimum atomic E-state index is -0.636. The van der Waals surface area contributed by atoms with Crippen molar-refractivity contribution in [3.05, 3.63) is 0 Å². The Labute approximate surface area is 117 Å². The number of ether oxygens (including phenoxy) is 1. The van der Waals surface area contributed by atoms with Gasteiger partial charge in [-0.3, -0.25) is 4.79 Å². The molecular weight excluding hydrogens is 242 g/mol. The minimum Gasteiger partial charge on any atom is -0.481 e. The zero-order chi connectivity index (χ0) is 14.3. The molecule has 112 valence electrons. The van der Waals surface area contributed by atoms with Crippen molar-refractivity contribution in [2.45, 2.75) is 52.0 Å². The van der Waals surface area contributed by atoms with Crippen molar-refractivity contribution in [2.75, 3.05) is 26.8 Å².